The summed E-state index contributed by atoms with van der Waals surface area (Å²) in [6.07, 6.45) is -1.31. The van der Waals surface area contributed by atoms with E-state index in [1.165, 1.54) is 13.8 Å². The minimum Gasteiger partial charge on any atom is -0.480 e. The lowest BCUT2D eigenvalue weighted by Crippen LogP contribution is -2.51. The molecule has 0 aliphatic carbocycles. The molecular formula is C16H19F2N5O6. The molecule has 0 radical (unpaired) electrons. The van der Waals surface area contributed by atoms with Crippen molar-refractivity contribution >= 4 is 17.9 Å². The van der Waals surface area contributed by atoms with Crippen LogP contribution in [0.2, 0.25) is 0 Å². The number of nitrogens with one attached hydrogen (secondary N) is 2. The van der Waals surface area contributed by atoms with Crippen LogP contribution in [0.3, 0.4) is 0 Å². The number of primary amides is 1. The van der Waals surface area contributed by atoms with Crippen LogP contribution < -0.4 is 16.4 Å². The number of carbonyl (C=O) groups excluding carboxylic acids is 2. The number of nitrogens with zero attached hydrogens (tertiary/aromatic N) is 2. The summed E-state index contributed by atoms with van der Waals surface area (Å²) in [6, 6.07) is 0.322. The van der Waals surface area contributed by atoms with E-state index in [9.17, 15) is 28.3 Å². The number of amides is 3. The molecule has 3 amide bonds. The van der Waals surface area contributed by atoms with Crippen molar-refractivity contribution in [2.24, 2.45) is 5.73 Å². The van der Waals surface area contributed by atoms with E-state index in [0.717, 1.165) is 18.2 Å². The van der Waals surface area contributed by atoms with Crippen LogP contribution in [0.1, 0.15) is 19.7 Å². The molecule has 1 aromatic carbocycles. The smallest absolute Gasteiger partial charge is 0.328 e. The molecule has 158 valence electrons. The van der Waals surface area contributed by atoms with Crippen molar-refractivity contribution < 1.29 is 37.8 Å². The molecule has 0 aliphatic heterocycles. The Balaban J connectivity index is 0.000000960. The SMILES string of the molecule is CC(N)=O.CC(O)C(NC(=O)NCc1nnc(-c2cc(F)ccc2F)o1)C(=O)O. The Bertz CT molecular complexity index is 869. The topological polar surface area (TPSA) is 181 Å². The molecule has 29 heavy (non-hydrogen) atoms. The Morgan fingerprint density at radius 3 is 2.45 bits per heavy atom. The maximum Gasteiger partial charge on any atom is 0.328 e. The third kappa shape index (κ3) is 7.88. The molecule has 0 saturated carbocycles. The van der Waals surface area contributed by atoms with E-state index in [4.69, 9.17) is 9.52 Å². The third-order valence-electron chi connectivity index (χ3n) is 3.06. The summed E-state index contributed by atoms with van der Waals surface area (Å²) >= 11 is 0. The lowest BCUT2D eigenvalue weighted by atomic mass is 10.2. The van der Waals surface area contributed by atoms with Crippen molar-refractivity contribution in [2.45, 2.75) is 32.5 Å². The number of carboxylic acids is 1. The van der Waals surface area contributed by atoms with Crippen molar-refractivity contribution in [2.75, 3.05) is 0 Å². The monoisotopic (exact) mass is 415 g/mol. The average Bonchev–Trinajstić information content (AvgIpc) is 3.07. The molecule has 0 bridgehead atoms. The van der Waals surface area contributed by atoms with Crippen LogP contribution in [0.25, 0.3) is 11.5 Å². The van der Waals surface area contributed by atoms with Gasteiger partial charge in [0.2, 0.25) is 11.8 Å². The predicted octanol–water partition coefficient (Wildman–Crippen LogP) is 0.140. The van der Waals surface area contributed by atoms with Gasteiger partial charge in [0, 0.05) is 6.92 Å². The van der Waals surface area contributed by atoms with Crippen molar-refractivity contribution in [3.8, 4) is 11.5 Å². The number of urea groups is 1. The van der Waals surface area contributed by atoms with Crippen molar-refractivity contribution in [3.05, 3.63) is 35.7 Å². The van der Waals surface area contributed by atoms with Crippen LogP contribution in [0, 0.1) is 11.6 Å². The number of aliphatic carboxylic acids is 1. The number of nitrogens with two attached hydrogens (primary N) is 1. The molecule has 2 aromatic rings. The fourth-order valence-electron chi connectivity index (χ4n) is 1.83. The first-order valence-electron chi connectivity index (χ1n) is 8.00. The van der Waals surface area contributed by atoms with Crippen LogP contribution in [0.4, 0.5) is 13.6 Å². The highest BCUT2D eigenvalue weighted by molar-refractivity contribution is 5.82. The zero-order valence-corrected chi connectivity index (χ0v) is 15.3. The number of aliphatic hydroxyl groups is 1. The normalized spacial score (nSPS) is 12.2. The molecule has 13 heteroatoms. The second-order valence-corrected chi connectivity index (χ2v) is 5.62. The number of benzene rings is 1. The Morgan fingerprint density at radius 1 is 1.28 bits per heavy atom. The molecule has 11 nitrogen and oxygen atoms in total. The van der Waals surface area contributed by atoms with Gasteiger partial charge in [-0.05, 0) is 25.1 Å². The molecule has 1 aromatic heterocycles. The first-order chi connectivity index (χ1) is 13.5. The minimum atomic E-state index is -1.50. The number of halogens is 2. The molecule has 0 fully saturated rings. The predicted molar refractivity (Wildman–Crippen MR) is 93.0 cm³/mol. The summed E-state index contributed by atoms with van der Waals surface area (Å²) in [5, 5.41) is 29.5. The fraction of sp³-hybridized carbons (Fsp3) is 0.312. The largest absolute Gasteiger partial charge is 0.480 e. The fourth-order valence-corrected chi connectivity index (χ4v) is 1.83. The summed E-state index contributed by atoms with van der Waals surface area (Å²) in [5.41, 5.74) is 4.24. The van der Waals surface area contributed by atoms with E-state index in [-0.39, 0.29) is 29.8 Å². The van der Waals surface area contributed by atoms with E-state index in [0.29, 0.717) is 0 Å². The Hall–Kier alpha value is -3.61. The Labute approximate surface area is 162 Å². The maximum atomic E-state index is 13.6. The molecule has 0 spiro atoms. The average molecular weight is 415 g/mol. The summed E-state index contributed by atoms with van der Waals surface area (Å²) in [6.45, 7) is 2.22. The number of aliphatic hydroxyl groups excluding tert-OH is 1. The van der Waals surface area contributed by atoms with E-state index < -0.39 is 35.8 Å². The molecule has 1 heterocycles. The first kappa shape index (κ1) is 23.4. The molecule has 6 N–H and O–H groups in total. The molecule has 2 rings (SSSR count). The molecule has 0 saturated heterocycles. The maximum absolute atomic E-state index is 13.6. The Kier molecular flexibility index (Phi) is 8.61. The van der Waals surface area contributed by atoms with Gasteiger partial charge in [0.05, 0.1) is 18.2 Å². The lowest BCUT2D eigenvalue weighted by molar-refractivity contribution is -0.141. The molecule has 2 unspecified atom stereocenters. The molecular weight excluding hydrogens is 396 g/mol. The second kappa shape index (κ2) is 10.7. The molecule has 0 aliphatic rings. The van der Waals surface area contributed by atoms with Crippen LogP contribution in [-0.4, -0.2) is 50.5 Å². The summed E-state index contributed by atoms with van der Waals surface area (Å²) < 4.78 is 31.9. The summed E-state index contributed by atoms with van der Waals surface area (Å²) in [7, 11) is 0. The minimum absolute atomic E-state index is 0.113. The highest BCUT2D eigenvalue weighted by Gasteiger charge is 2.25. The Morgan fingerprint density at radius 2 is 1.90 bits per heavy atom. The third-order valence-corrected chi connectivity index (χ3v) is 3.06. The van der Waals surface area contributed by atoms with Crippen LogP contribution in [0.5, 0.6) is 0 Å². The van der Waals surface area contributed by atoms with Gasteiger partial charge in [0.25, 0.3) is 5.89 Å². The zero-order chi connectivity index (χ0) is 22.1. The van der Waals surface area contributed by atoms with Crippen molar-refractivity contribution in [1.29, 1.82) is 0 Å². The van der Waals surface area contributed by atoms with Crippen molar-refractivity contribution in [3.63, 3.8) is 0 Å². The number of carboxylic acid groups (broad SMARTS) is 1. The van der Waals surface area contributed by atoms with Crippen LogP contribution >= 0.6 is 0 Å². The van der Waals surface area contributed by atoms with Crippen LogP contribution in [0.15, 0.2) is 22.6 Å². The van der Waals surface area contributed by atoms with E-state index in [1.807, 2.05) is 5.32 Å². The first-order valence-corrected chi connectivity index (χ1v) is 8.00. The standard InChI is InChI=1S/C14H14F2N4O5.C2H5NO/c1-6(21)11(13(22)23)18-14(24)17-5-10-19-20-12(25-10)8-4-7(15)2-3-9(8)16;1-2(3)4/h2-4,6,11,21H,5H2,1H3,(H,22,23)(H2,17,18,24);1H3,(H2,3,4). The van der Waals surface area contributed by atoms with E-state index in [2.05, 4.69) is 21.2 Å². The summed E-state index contributed by atoms with van der Waals surface area (Å²) in [4.78, 5) is 31.7. The van der Waals surface area contributed by atoms with Gasteiger partial charge in [0.1, 0.15) is 11.6 Å². The van der Waals surface area contributed by atoms with Gasteiger partial charge in [-0.3, -0.25) is 4.79 Å². The quantitative estimate of drug-likeness (QED) is 0.441. The van der Waals surface area contributed by atoms with Gasteiger partial charge in [-0.1, -0.05) is 0 Å². The number of aromatic nitrogens is 2. The number of rotatable bonds is 6. The van der Waals surface area contributed by atoms with Gasteiger partial charge in [-0.2, -0.15) is 0 Å². The highest BCUT2D eigenvalue weighted by Crippen LogP contribution is 2.22. The van der Waals surface area contributed by atoms with Gasteiger partial charge in [0.15, 0.2) is 6.04 Å². The van der Waals surface area contributed by atoms with Gasteiger partial charge >= 0.3 is 12.0 Å². The summed E-state index contributed by atoms with van der Waals surface area (Å²) in [5.74, 6) is -3.58. The van der Waals surface area contributed by atoms with Gasteiger partial charge in [-0.15, -0.1) is 10.2 Å². The zero-order valence-electron chi connectivity index (χ0n) is 15.3. The molecule has 2 atom stereocenters. The number of hydrogen-bond donors (Lipinski definition) is 5. The number of hydrogen-bond acceptors (Lipinski definition) is 7. The van der Waals surface area contributed by atoms with Crippen LogP contribution in [-0.2, 0) is 16.1 Å². The van der Waals surface area contributed by atoms with Gasteiger partial charge < -0.3 is 31.0 Å². The lowest BCUT2D eigenvalue weighted by Gasteiger charge is -2.16. The second-order valence-electron chi connectivity index (χ2n) is 5.62. The van der Waals surface area contributed by atoms with Gasteiger partial charge in [-0.25, -0.2) is 18.4 Å². The van der Waals surface area contributed by atoms with Crippen molar-refractivity contribution in [1.82, 2.24) is 20.8 Å². The van der Waals surface area contributed by atoms with E-state index >= 15 is 0 Å². The number of carbonyl (C=O) groups is 3. The van der Waals surface area contributed by atoms with E-state index in [1.54, 1.807) is 0 Å². The highest BCUT2D eigenvalue weighted by atomic mass is 19.1.